The van der Waals surface area contributed by atoms with Gasteiger partial charge in [0.15, 0.2) is 5.78 Å². The first-order valence-electron chi connectivity index (χ1n) is 11.4. The summed E-state index contributed by atoms with van der Waals surface area (Å²) in [7, 11) is 0. The van der Waals surface area contributed by atoms with Crippen LogP contribution >= 0.6 is 0 Å². The smallest absolute Gasteiger partial charge is 0.162 e. The number of rotatable bonds is 8. The zero-order chi connectivity index (χ0) is 21.8. The van der Waals surface area contributed by atoms with Gasteiger partial charge in [-0.25, -0.2) is 4.39 Å². The first-order valence-corrected chi connectivity index (χ1v) is 11.4. The van der Waals surface area contributed by atoms with Crippen LogP contribution in [0.3, 0.4) is 0 Å². The molecule has 0 unspecified atom stereocenters. The summed E-state index contributed by atoms with van der Waals surface area (Å²) in [6.07, 6.45) is 4.51. The van der Waals surface area contributed by atoms with Gasteiger partial charge in [-0.05, 0) is 60.9 Å². The number of nitrogens with two attached hydrogens (primary N) is 1. The number of carbonyl (C=O) groups is 1. The van der Waals surface area contributed by atoms with Gasteiger partial charge in [0.05, 0.1) is 0 Å². The number of halogens is 1. The highest BCUT2D eigenvalue weighted by Crippen LogP contribution is 2.31. The van der Waals surface area contributed by atoms with Crippen LogP contribution in [0.1, 0.15) is 60.3 Å². The van der Waals surface area contributed by atoms with Gasteiger partial charge >= 0.3 is 0 Å². The van der Waals surface area contributed by atoms with E-state index in [9.17, 15) is 9.18 Å². The number of carbonyl (C=O) groups excluding carboxylic acids is 1. The fourth-order valence-corrected chi connectivity index (χ4v) is 4.75. The molecule has 1 fully saturated rings. The molecule has 0 amide bonds. The maximum atomic E-state index is 13.1. The minimum absolute atomic E-state index is 0.182. The molecule has 2 N–H and O–H groups in total. The highest BCUT2D eigenvalue weighted by molar-refractivity contribution is 5.99. The number of piperidine rings is 1. The van der Waals surface area contributed by atoms with Gasteiger partial charge in [-0.1, -0.05) is 31.2 Å². The molecule has 0 radical (unpaired) electrons. The van der Waals surface area contributed by atoms with E-state index in [-0.39, 0.29) is 11.6 Å². The van der Waals surface area contributed by atoms with E-state index in [1.165, 1.54) is 17.7 Å². The highest BCUT2D eigenvalue weighted by Gasteiger charge is 2.24. The number of aromatic nitrogens is 1. The lowest BCUT2D eigenvalue weighted by molar-refractivity contribution is 0.0982. The minimum Gasteiger partial charge on any atom is -0.340 e. The van der Waals surface area contributed by atoms with E-state index in [1.54, 1.807) is 0 Å². The van der Waals surface area contributed by atoms with E-state index >= 15 is 0 Å². The van der Waals surface area contributed by atoms with E-state index in [1.807, 2.05) is 25.1 Å². The lowest BCUT2D eigenvalue weighted by Gasteiger charge is -2.34. The Morgan fingerprint density at radius 2 is 1.84 bits per heavy atom. The van der Waals surface area contributed by atoms with Crippen molar-refractivity contribution in [3.8, 4) is 0 Å². The third kappa shape index (κ3) is 4.89. The SMILES string of the molecule is CCCC(=O)c1ccc2cc(CN)n(C3CCN(CCc4ccc(F)cc4)CC3)c2c1. The third-order valence-corrected chi connectivity index (χ3v) is 6.48. The number of hydrogen-bond acceptors (Lipinski definition) is 3. The first kappa shape index (κ1) is 21.7. The van der Waals surface area contributed by atoms with Gasteiger partial charge in [0.2, 0.25) is 0 Å². The molecule has 1 saturated heterocycles. The molecule has 31 heavy (non-hydrogen) atoms. The molecule has 2 heterocycles. The van der Waals surface area contributed by atoms with Crippen molar-refractivity contribution in [1.29, 1.82) is 0 Å². The van der Waals surface area contributed by atoms with Crippen molar-refractivity contribution in [2.24, 2.45) is 5.73 Å². The van der Waals surface area contributed by atoms with Crippen LogP contribution in [0.15, 0.2) is 48.5 Å². The van der Waals surface area contributed by atoms with E-state index in [2.05, 4.69) is 27.7 Å². The Bertz CT molecular complexity index is 1030. The second-order valence-corrected chi connectivity index (χ2v) is 8.61. The van der Waals surface area contributed by atoms with Crippen molar-refractivity contribution in [1.82, 2.24) is 9.47 Å². The minimum atomic E-state index is -0.182. The quantitative estimate of drug-likeness (QED) is 0.515. The summed E-state index contributed by atoms with van der Waals surface area (Å²) in [5.41, 5.74) is 10.3. The fraction of sp³-hybridized carbons (Fsp3) is 0.423. The van der Waals surface area contributed by atoms with Crippen LogP contribution in [0.5, 0.6) is 0 Å². The Morgan fingerprint density at radius 3 is 2.52 bits per heavy atom. The summed E-state index contributed by atoms with van der Waals surface area (Å²) in [6, 6.07) is 15.5. The van der Waals surface area contributed by atoms with Gasteiger partial charge in [0, 0.05) is 55.4 Å². The molecule has 1 aromatic heterocycles. The van der Waals surface area contributed by atoms with Crippen molar-refractivity contribution in [2.75, 3.05) is 19.6 Å². The number of ketones is 1. The Morgan fingerprint density at radius 1 is 1.10 bits per heavy atom. The van der Waals surface area contributed by atoms with Gasteiger partial charge in [-0.15, -0.1) is 0 Å². The lowest BCUT2D eigenvalue weighted by atomic mass is 10.0. The molecular formula is C26H32FN3O. The van der Waals surface area contributed by atoms with E-state index in [0.29, 0.717) is 19.0 Å². The maximum absolute atomic E-state index is 13.1. The molecule has 0 spiro atoms. The van der Waals surface area contributed by atoms with E-state index in [0.717, 1.165) is 67.5 Å². The summed E-state index contributed by atoms with van der Waals surface area (Å²) in [5.74, 6) is 0.0285. The topological polar surface area (TPSA) is 51.3 Å². The predicted octanol–water partition coefficient (Wildman–Crippen LogP) is 5.10. The monoisotopic (exact) mass is 421 g/mol. The van der Waals surface area contributed by atoms with Crippen molar-refractivity contribution in [3.05, 3.63) is 71.2 Å². The van der Waals surface area contributed by atoms with Gasteiger partial charge in [0.25, 0.3) is 0 Å². The Kier molecular flexibility index (Phi) is 6.83. The standard InChI is InChI=1S/C26H32FN3O/c1-2-3-26(31)21-7-6-20-16-24(18-28)30(25(20)17-21)23-11-14-29(15-12-23)13-10-19-4-8-22(27)9-5-19/h4-9,16-17,23H,2-3,10-15,18,28H2,1H3. The Hall–Kier alpha value is -2.50. The zero-order valence-electron chi connectivity index (χ0n) is 18.3. The third-order valence-electron chi connectivity index (χ3n) is 6.48. The molecule has 0 atom stereocenters. The normalized spacial score (nSPS) is 15.6. The largest absolute Gasteiger partial charge is 0.340 e. The van der Waals surface area contributed by atoms with Crippen LogP contribution < -0.4 is 5.73 Å². The van der Waals surface area contributed by atoms with Crippen molar-refractivity contribution in [2.45, 2.75) is 51.6 Å². The van der Waals surface area contributed by atoms with Crippen LogP contribution in [-0.4, -0.2) is 34.9 Å². The molecule has 0 aliphatic carbocycles. The van der Waals surface area contributed by atoms with Gasteiger partial charge in [-0.2, -0.15) is 0 Å². The molecule has 5 heteroatoms. The number of benzene rings is 2. The Balaban J connectivity index is 1.46. The van der Waals surface area contributed by atoms with Gasteiger partial charge < -0.3 is 15.2 Å². The summed E-state index contributed by atoms with van der Waals surface area (Å²) >= 11 is 0. The molecule has 4 rings (SSSR count). The van der Waals surface area contributed by atoms with E-state index in [4.69, 9.17) is 5.73 Å². The van der Waals surface area contributed by atoms with Gasteiger partial charge in [-0.3, -0.25) is 4.79 Å². The molecule has 1 aliphatic heterocycles. The average molecular weight is 422 g/mol. The second kappa shape index (κ2) is 9.75. The highest BCUT2D eigenvalue weighted by atomic mass is 19.1. The molecule has 2 aromatic carbocycles. The average Bonchev–Trinajstić information content (AvgIpc) is 3.17. The number of fused-ring (bicyclic) bond motifs is 1. The van der Waals surface area contributed by atoms with Crippen LogP contribution in [0.25, 0.3) is 10.9 Å². The molecule has 0 saturated carbocycles. The van der Waals surface area contributed by atoms with Crippen LogP contribution in [-0.2, 0) is 13.0 Å². The lowest BCUT2D eigenvalue weighted by Crippen LogP contribution is -2.36. The zero-order valence-corrected chi connectivity index (χ0v) is 18.3. The molecular weight excluding hydrogens is 389 g/mol. The Labute approximate surface area is 183 Å². The molecule has 3 aromatic rings. The van der Waals surface area contributed by atoms with Crippen LogP contribution in [0, 0.1) is 5.82 Å². The predicted molar refractivity (Wildman–Crippen MR) is 124 cm³/mol. The second-order valence-electron chi connectivity index (χ2n) is 8.61. The van der Waals surface area contributed by atoms with Crippen molar-refractivity contribution in [3.63, 3.8) is 0 Å². The van der Waals surface area contributed by atoms with Gasteiger partial charge in [0.1, 0.15) is 5.82 Å². The first-order chi connectivity index (χ1) is 15.1. The summed E-state index contributed by atoms with van der Waals surface area (Å²) in [5, 5.41) is 1.16. The maximum Gasteiger partial charge on any atom is 0.162 e. The van der Waals surface area contributed by atoms with Crippen LogP contribution in [0.2, 0.25) is 0 Å². The van der Waals surface area contributed by atoms with Crippen molar-refractivity contribution >= 4 is 16.7 Å². The number of nitrogens with zero attached hydrogens (tertiary/aromatic N) is 2. The van der Waals surface area contributed by atoms with E-state index < -0.39 is 0 Å². The molecule has 0 bridgehead atoms. The molecule has 164 valence electrons. The fourth-order valence-electron chi connectivity index (χ4n) is 4.75. The summed E-state index contributed by atoms with van der Waals surface area (Å²) < 4.78 is 15.5. The summed E-state index contributed by atoms with van der Waals surface area (Å²) in [6.45, 7) is 5.59. The number of Topliss-reactive ketones (excluding diaryl/α,β-unsaturated/α-hetero) is 1. The number of likely N-dealkylation sites (tertiary alicyclic amines) is 1. The number of hydrogen-bond donors (Lipinski definition) is 1. The molecule has 4 nitrogen and oxygen atoms in total. The molecule has 1 aliphatic rings. The summed E-state index contributed by atoms with van der Waals surface area (Å²) in [4.78, 5) is 14.9. The van der Waals surface area contributed by atoms with Crippen molar-refractivity contribution < 1.29 is 9.18 Å². The van der Waals surface area contributed by atoms with Crippen LogP contribution in [0.4, 0.5) is 4.39 Å².